The number of amides is 1. The molecule has 0 radical (unpaired) electrons. The first kappa shape index (κ1) is 10.9. The van der Waals surface area contributed by atoms with Crippen molar-refractivity contribution in [3.8, 4) is 0 Å². The minimum atomic E-state index is -0.590. The zero-order valence-electron chi connectivity index (χ0n) is 9.29. The van der Waals surface area contributed by atoms with Gasteiger partial charge in [0.05, 0.1) is 17.7 Å². The van der Waals surface area contributed by atoms with Crippen LogP contribution in [-0.2, 0) is 9.53 Å². The number of rotatable bonds is 3. The van der Waals surface area contributed by atoms with E-state index in [-0.39, 0.29) is 18.1 Å². The topological polar surface area (TPSA) is 64.4 Å². The van der Waals surface area contributed by atoms with E-state index in [2.05, 4.69) is 5.32 Å². The van der Waals surface area contributed by atoms with Crippen molar-refractivity contribution in [3.05, 3.63) is 0 Å². The molecule has 1 saturated carbocycles. The van der Waals surface area contributed by atoms with Gasteiger partial charge in [-0.1, -0.05) is 0 Å². The Bertz CT molecular complexity index is 245. The van der Waals surface area contributed by atoms with E-state index in [9.17, 15) is 4.79 Å². The third-order valence-electron chi connectivity index (χ3n) is 3.58. The monoisotopic (exact) mass is 212 g/mol. The Morgan fingerprint density at radius 2 is 2.27 bits per heavy atom. The lowest BCUT2D eigenvalue weighted by Gasteiger charge is -2.37. The summed E-state index contributed by atoms with van der Waals surface area (Å²) in [4.78, 5) is 11.8. The van der Waals surface area contributed by atoms with Crippen molar-refractivity contribution in [2.75, 3.05) is 6.61 Å². The Labute approximate surface area is 90.5 Å². The number of nitrogens with one attached hydrogen (secondary N) is 1. The van der Waals surface area contributed by atoms with Crippen LogP contribution in [0.5, 0.6) is 0 Å². The molecule has 2 rings (SSSR count). The molecule has 1 heterocycles. The van der Waals surface area contributed by atoms with E-state index < -0.39 is 5.54 Å². The van der Waals surface area contributed by atoms with Crippen molar-refractivity contribution in [1.82, 2.24) is 5.32 Å². The molecule has 2 fully saturated rings. The number of carbonyl (C=O) groups excluding carboxylic acids is 1. The second-order valence-electron chi connectivity index (χ2n) is 4.82. The summed E-state index contributed by atoms with van der Waals surface area (Å²) < 4.78 is 5.52. The third-order valence-corrected chi connectivity index (χ3v) is 3.58. The fourth-order valence-corrected chi connectivity index (χ4v) is 2.23. The summed E-state index contributed by atoms with van der Waals surface area (Å²) in [6, 6.07) is 0.0843. The molecule has 3 N–H and O–H groups in total. The maximum Gasteiger partial charge on any atom is 0.240 e. The van der Waals surface area contributed by atoms with Crippen molar-refractivity contribution >= 4 is 5.91 Å². The van der Waals surface area contributed by atoms with E-state index in [1.54, 1.807) is 0 Å². The van der Waals surface area contributed by atoms with Gasteiger partial charge >= 0.3 is 0 Å². The normalized spacial score (nSPS) is 30.7. The van der Waals surface area contributed by atoms with Crippen LogP contribution >= 0.6 is 0 Å². The zero-order valence-corrected chi connectivity index (χ0v) is 9.29. The summed E-state index contributed by atoms with van der Waals surface area (Å²) in [5.41, 5.74) is 5.35. The van der Waals surface area contributed by atoms with Crippen LogP contribution in [0.3, 0.4) is 0 Å². The predicted octanol–water partition coefficient (Wildman–Crippen LogP) is 0.551. The second-order valence-corrected chi connectivity index (χ2v) is 4.82. The van der Waals surface area contributed by atoms with E-state index in [1.165, 1.54) is 0 Å². The van der Waals surface area contributed by atoms with Crippen molar-refractivity contribution in [2.24, 2.45) is 5.73 Å². The highest BCUT2D eigenvalue weighted by molar-refractivity contribution is 5.87. The average Bonchev–Trinajstić information content (AvgIpc) is 2.66. The Morgan fingerprint density at radius 3 is 2.73 bits per heavy atom. The molecule has 0 aromatic heterocycles. The summed E-state index contributed by atoms with van der Waals surface area (Å²) in [5.74, 6) is -0.00301. The van der Waals surface area contributed by atoms with Gasteiger partial charge in [0, 0.05) is 6.61 Å². The Balaban J connectivity index is 1.82. The maximum atomic E-state index is 11.8. The maximum absolute atomic E-state index is 11.8. The van der Waals surface area contributed by atoms with Crippen LogP contribution in [0.1, 0.15) is 39.0 Å². The first-order valence-corrected chi connectivity index (χ1v) is 5.83. The highest BCUT2D eigenvalue weighted by Gasteiger charge is 2.41. The molecule has 2 unspecified atom stereocenters. The molecule has 1 saturated heterocycles. The fourth-order valence-electron chi connectivity index (χ4n) is 2.23. The number of carbonyl (C=O) groups is 1. The van der Waals surface area contributed by atoms with Crippen LogP contribution in [-0.4, -0.2) is 30.2 Å². The molecule has 0 spiro atoms. The third kappa shape index (κ3) is 2.16. The smallest absolute Gasteiger partial charge is 0.240 e. The van der Waals surface area contributed by atoms with Crippen molar-refractivity contribution in [1.29, 1.82) is 0 Å². The van der Waals surface area contributed by atoms with Gasteiger partial charge in [-0.2, -0.15) is 0 Å². The first-order valence-electron chi connectivity index (χ1n) is 5.83. The van der Waals surface area contributed by atoms with Gasteiger partial charge in [-0.15, -0.1) is 0 Å². The zero-order chi connectivity index (χ0) is 10.9. The SMILES string of the molecule is CC(NC(=O)C1(N)CCC1)C1CCCO1. The first-order chi connectivity index (χ1) is 7.12. The molecule has 2 atom stereocenters. The Hall–Kier alpha value is -0.610. The number of nitrogens with two attached hydrogens (primary N) is 1. The van der Waals surface area contributed by atoms with Gasteiger partial charge in [0.15, 0.2) is 0 Å². The Morgan fingerprint density at radius 1 is 1.53 bits per heavy atom. The fraction of sp³-hybridized carbons (Fsp3) is 0.909. The molecule has 15 heavy (non-hydrogen) atoms. The summed E-state index contributed by atoms with van der Waals surface area (Å²) in [5, 5.41) is 2.98. The summed E-state index contributed by atoms with van der Waals surface area (Å²) in [7, 11) is 0. The quantitative estimate of drug-likeness (QED) is 0.718. The van der Waals surface area contributed by atoms with Gasteiger partial charge < -0.3 is 15.8 Å². The van der Waals surface area contributed by atoms with Gasteiger partial charge in [-0.05, 0) is 39.0 Å². The van der Waals surface area contributed by atoms with Crippen molar-refractivity contribution < 1.29 is 9.53 Å². The van der Waals surface area contributed by atoms with Crippen LogP contribution in [0.4, 0.5) is 0 Å². The van der Waals surface area contributed by atoms with Gasteiger partial charge in [-0.3, -0.25) is 4.79 Å². The van der Waals surface area contributed by atoms with E-state index in [4.69, 9.17) is 10.5 Å². The molecule has 4 nitrogen and oxygen atoms in total. The molecular formula is C11H20N2O2. The molecule has 1 amide bonds. The molecule has 86 valence electrons. The van der Waals surface area contributed by atoms with Crippen LogP contribution in [0.15, 0.2) is 0 Å². The molecule has 1 aliphatic heterocycles. The molecule has 0 bridgehead atoms. The largest absolute Gasteiger partial charge is 0.376 e. The van der Waals surface area contributed by atoms with E-state index >= 15 is 0 Å². The van der Waals surface area contributed by atoms with Gasteiger partial charge in [0.1, 0.15) is 0 Å². The molecule has 2 aliphatic rings. The lowest BCUT2D eigenvalue weighted by atomic mass is 9.77. The Kier molecular flexibility index (Phi) is 2.98. The predicted molar refractivity (Wildman–Crippen MR) is 57.3 cm³/mol. The molecule has 0 aromatic carbocycles. The molecule has 4 heteroatoms. The minimum absolute atomic E-state index is 0.00301. The van der Waals surface area contributed by atoms with Gasteiger partial charge in [0.2, 0.25) is 5.91 Å². The lowest BCUT2D eigenvalue weighted by molar-refractivity contribution is -0.130. The van der Waals surface area contributed by atoms with Crippen LogP contribution in [0.2, 0.25) is 0 Å². The highest BCUT2D eigenvalue weighted by atomic mass is 16.5. The number of hydrogen-bond donors (Lipinski definition) is 2. The van der Waals surface area contributed by atoms with Crippen LogP contribution < -0.4 is 11.1 Å². The van der Waals surface area contributed by atoms with E-state index in [0.29, 0.717) is 0 Å². The molecule has 0 aromatic rings. The van der Waals surface area contributed by atoms with Gasteiger partial charge in [-0.25, -0.2) is 0 Å². The summed E-state index contributed by atoms with van der Waals surface area (Å²) in [6.07, 6.45) is 5.02. The number of ether oxygens (including phenoxy) is 1. The van der Waals surface area contributed by atoms with E-state index in [1.807, 2.05) is 6.92 Å². The highest BCUT2D eigenvalue weighted by Crippen LogP contribution is 2.29. The lowest BCUT2D eigenvalue weighted by Crippen LogP contribution is -2.61. The molecular weight excluding hydrogens is 192 g/mol. The van der Waals surface area contributed by atoms with Crippen LogP contribution in [0.25, 0.3) is 0 Å². The van der Waals surface area contributed by atoms with Crippen LogP contribution in [0, 0.1) is 0 Å². The average molecular weight is 212 g/mol. The van der Waals surface area contributed by atoms with Crippen molar-refractivity contribution in [2.45, 2.75) is 56.7 Å². The standard InChI is InChI=1S/C11H20N2O2/c1-8(9-4-2-7-15-9)13-10(14)11(12)5-3-6-11/h8-9H,2-7,12H2,1H3,(H,13,14). The molecule has 1 aliphatic carbocycles. The summed E-state index contributed by atoms with van der Waals surface area (Å²) in [6.45, 7) is 2.81. The van der Waals surface area contributed by atoms with Gasteiger partial charge in [0.25, 0.3) is 0 Å². The second kappa shape index (κ2) is 4.10. The summed E-state index contributed by atoms with van der Waals surface area (Å²) >= 11 is 0. The minimum Gasteiger partial charge on any atom is -0.376 e. The van der Waals surface area contributed by atoms with Crippen molar-refractivity contribution in [3.63, 3.8) is 0 Å². The van der Waals surface area contributed by atoms with E-state index in [0.717, 1.165) is 38.7 Å². The number of hydrogen-bond acceptors (Lipinski definition) is 3.